The molecule has 4 aliphatic rings. The number of quaternary nitrogens is 1. The lowest BCUT2D eigenvalue weighted by atomic mass is 9.48. The molecule has 0 aromatic carbocycles. The van der Waals surface area contributed by atoms with Crippen molar-refractivity contribution in [3.05, 3.63) is 0 Å². The van der Waals surface area contributed by atoms with E-state index in [9.17, 15) is 0 Å². The smallest absolute Gasteiger partial charge is 0.137 e. The Kier molecular flexibility index (Phi) is 2.51. The summed E-state index contributed by atoms with van der Waals surface area (Å²) in [6.45, 7) is 3.29. The van der Waals surface area contributed by atoms with Gasteiger partial charge in [0.25, 0.3) is 0 Å². The molecule has 16 heavy (non-hydrogen) atoms. The van der Waals surface area contributed by atoms with E-state index in [4.69, 9.17) is 6.42 Å². The van der Waals surface area contributed by atoms with E-state index in [0.29, 0.717) is 5.41 Å². The summed E-state index contributed by atoms with van der Waals surface area (Å²) in [7, 11) is 0. The van der Waals surface area contributed by atoms with Gasteiger partial charge < -0.3 is 5.32 Å². The molecule has 88 valence electrons. The van der Waals surface area contributed by atoms with E-state index in [1.54, 1.807) is 19.3 Å². The van der Waals surface area contributed by atoms with Gasteiger partial charge in [-0.05, 0) is 69.1 Å². The third-order valence-electron chi connectivity index (χ3n) is 5.64. The van der Waals surface area contributed by atoms with Crippen molar-refractivity contribution in [2.24, 2.45) is 23.2 Å². The van der Waals surface area contributed by atoms with Gasteiger partial charge in [-0.2, -0.15) is 0 Å². The first-order valence-corrected chi connectivity index (χ1v) is 6.98. The van der Waals surface area contributed by atoms with Gasteiger partial charge in [-0.25, -0.2) is 0 Å². The van der Waals surface area contributed by atoms with Crippen molar-refractivity contribution in [2.75, 3.05) is 6.54 Å². The van der Waals surface area contributed by atoms with Gasteiger partial charge in [-0.15, -0.1) is 6.42 Å². The molecule has 0 radical (unpaired) electrons. The molecule has 0 aromatic rings. The maximum Gasteiger partial charge on any atom is 0.137 e. The quantitative estimate of drug-likeness (QED) is 0.696. The van der Waals surface area contributed by atoms with Crippen LogP contribution in [0.4, 0.5) is 0 Å². The summed E-state index contributed by atoms with van der Waals surface area (Å²) in [4.78, 5) is 0. The lowest BCUT2D eigenvalue weighted by Gasteiger charge is -2.57. The van der Waals surface area contributed by atoms with Crippen molar-refractivity contribution in [1.82, 2.24) is 0 Å². The second-order valence-corrected chi connectivity index (χ2v) is 6.71. The van der Waals surface area contributed by atoms with Crippen LogP contribution in [0.15, 0.2) is 0 Å². The van der Waals surface area contributed by atoms with Crippen molar-refractivity contribution < 1.29 is 5.32 Å². The minimum absolute atomic E-state index is 0.658. The lowest BCUT2D eigenvalue weighted by Crippen LogP contribution is -2.92. The van der Waals surface area contributed by atoms with Gasteiger partial charge in [0.2, 0.25) is 0 Å². The number of nitrogens with two attached hydrogens (primary N) is 1. The largest absolute Gasteiger partial charge is 0.333 e. The predicted molar refractivity (Wildman–Crippen MR) is 65.7 cm³/mol. The predicted octanol–water partition coefficient (Wildman–Crippen LogP) is 1.79. The summed E-state index contributed by atoms with van der Waals surface area (Å²) in [5.41, 5.74) is 0.658. The minimum atomic E-state index is 0.658. The van der Waals surface area contributed by atoms with Gasteiger partial charge in [0.05, 0.1) is 6.04 Å². The Bertz CT molecular complexity index is 277. The second kappa shape index (κ2) is 3.77. The molecule has 0 aromatic heterocycles. The van der Waals surface area contributed by atoms with Crippen LogP contribution in [0.5, 0.6) is 0 Å². The summed E-state index contributed by atoms with van der Waals surface area (Å²) in [5.74, 6) is 5.96. The average molecular weight is 218 g/mol. The molecule has 4 fully saturated rings. The third-order valence-corrected chi connectivity index (χ3v) is 5.64. The SMILES string of the molecule is C#CC[NH2+][C@@H](C)C12CC3CC(CC(C3)C1)C2. The first-order chi connectivity index (χ1) is 7.72. The molecule has 0 heterocycles. The van der Waals surface area contributed by atoms with E-state index in [1.807, 2.05) is 0 Å². The topological polar surface area (TPSA) is 16.6 Å². The maximum absolute atomic E-state index is 5.39. The highest BCUT2D eigenvalue weighted by molar-refractivity contribution is 5.03. The van der Waals surface area contributed by atoms with Crippen molar-refractivity contribution in [2.45, 2.75) is 51.5 Å². The van der Waals surface area contributed by atoms with E-state index < -0.39 is 0 Å². The maximum atomic E-state index is 5.39. The molecule has 1 atom stereocenters. The zero-order valence-corrected chi connectivity index (χ0v) is 10.4. The van der Waals surface area contributed by atoms with Gasteiger partial charge in [-0.1, -0.05) is 0 Å². The van der Waals surface area contributed by atoms with Gasteiger partial charge in [0.1, 0.15) is 6.54 Å². The van der Waals surface area contributed by atoms with Crippen LogP contribution in [0.2, 0.25) is 0 Å². The number of terminal acetylenes is 1. The molecule has 4 bridgehead atoms. The fraction of sp³-hybridized carbons (Fsp3) is 0.867. The molecule has 0 aliphatic heterocycles. The summed E-state index contributed by atoms with van der Waals surface area (Å²) in [6.07, 6.45) is 14.5. The van der Waals surface area contributed by atoms with Crippen LogP contribution in [0.1, 0.15) is 45.4 Å². The van der Waals surface area contributed by atoms with Crippen LogP contribution < -0.4 is 5.32 Å². The van der Waals surface area contributed by atoms with Crippen LogP contribution >= 0.6 is 0 Å². The van der Waals surface area contributed by atoms with E-state index in [-0.39, 0.29) is 0 Å². The van der Waals surface area contributed by atoms with Crippen molar-refractivity contribution in [3.8, 4) is 12.3 Å². The highest BCUT2D eigenvalue weighted by Crippen LogP contribution is 2.60. The Morgan fingerprint density at radius 2 is 1.69 bits per heavy atom. The van der Waals surface area contributed by atoms with Gasteiger partial charge in [0, 0.05) is 5.41 Å². The highest BCUT2D eigenvalue weighted by Gasteiger charge is 2.54. The summed E-state index contributed by atoms with van der Waals surface area (Å²) in [5, 5.41) is 2.41. The Morgan fingerprint density at radius 3 is 2.12 bits per heavy atom. The normalized spacial score (nSPS) is 46.6. The molecule has 4 aliphatic carbocycles. The van der Waals surface area contributed by atoms with Crippen molar-refractivity contribution >= 4 is 0 Å². The lowest BCUT2D eigenvalue weighted by molar-refractivity contribution is -0.693. The van der Waals surface area contributed by atoms with E-state index in [1.165, 1.54) is 19.3 Å². The fourth-order valence-electron chi connectivity index (χ4n) is 5.23. The zero-order chi connectivity index (χ0) is 11.2. The highest BCUT2D eigenvalue weighted by atomic mass is 14.9. The Morgan fingerprint density at radius 1 is 1.19 bits per heavy atom. The van der Waals surface area contributed by atoms with Gasteiger partial charge in [0.15, 0.2) is 0 Å². The van der Waals surface area contributed by atoms with Crippen LogP contribution in [-0.2, 0) is 0 Å². The van der Waals surface area contributed by atoms with Crippen LogP contribution in [-0.4, -0.2) is 12.6 Å². The zero-order valence-electron chi connectivity index (χ0n) is 10.4. The van der Waals surface area contributed by atoms with E-state index in [0.717, 1.165) is 30.3 Å². The minimum Gasteiger partial charge on any atom is -0.333 e. The molecule has 2 N–H and O–H groups in total. The van der Waals surface area contributed by atoms with Gasteiger partial charge in [-0.3, -0.25) is 0 Å². The molecule has 4 rings (SSSR count). The molecule has 1 heteroatoms. The Labute approximate surface area is 99.4 Å². The molecular weight excluding hydrogens is 194 g/mol. The fourth-order valence-corrected chi connectivity index (χ4v) is 5.23. The molecule has 0 spiro atoms. The third kappa shape index (κ3) is 1.59. The molecule has 0 amide bonds. The monoisotopic (exact) mass is 218 g/mol. The Balaban J connectivity index is 1.75. The van der Waals surface area contributed by atoms with Crippen LogP contribution in [0, 0.1) is 35.5 Å². The Hall–Kier alpha value is -0.480. The molecule has 0 unspecified atom stereocenters. The number of hydrogen-bond acceptors (Lipinski definition) is 0. The molecule has 0 saturated heterocycles. The standard InChI is InChI=1S/C15H23N/c1-3-4-16-11(2)15-8-12-5-13(9-15)7-14(6-12)10-15/h1,11-14,16H,4-10H2,2H3/p+1/t11-,12?,13?,14?,15?/m0/s1. The first kappa shape index (κ1) is 10.7. The van der Waals surface area contributed by atoms with Crippen LogP contribution in [0.25, 0.3) is 0 Å². The molecule has 4 saturated carbocycles. The first-order valence-electron chi connectivity index (χ1n) is 6.98. The summed E-state index contributed by atoms with van der Waals surface area (Å²) >= 11 is 0. The van der Waals surface area contributed by atoms with E-state index in [2.05, 4.69) is 18.2 Å². The van der Waals surface area contributed by atoms with Crippen LogP contribution in [0.3, 0.4) is 0 Å². The number of rotatable bonds is 3. The van der Waals surface area contributed by atoms with Crippen molar-refractivity contribution in [3.63, 3.8) is 0 Å². The van der Waals surface area contributed by atoms with E-state index >= 15 is 0 Å². The number of hydrogen-bond donors (Lipinski definition) is 1. The average Bonchev–Trinajstić information content (AvgIpc) is 2.24. The summed E-state index contributed by atoms with van der Waals surface area (Å²) < 4.78 is 0. The molecular formula is C15H24N+. The summed E-state index contributed by atoms with van der Waals surface area (Å²) in [6, 6.07) is 0.747. The second-order valence-electron chi connectivity index (χ2n) is 6.71. The molecule has 1 nitrogen and oxygen atoms in total. The van der Waals surface area contributed by atoms with Crippen molar-refractivity contribution in [1.29, 1.82) is 0 Å². The van der Waals surface area contributed by atoms with Gasteiger partial charge >= 0.3 is 0 Å².